The van der Waals surface area contributed by atoms with Gasteiger partial charge in [-0.05, 0) is 30.7 Å². The first kappa shape index (κ1) is 21.2. The first-order chi connectivity index (χ1) is 14.5. The van der Waals surface area contributed by atoms with Gasteiger partial charge in [0.2, 0.25) is 5.95 Å². The van der Waals surface area contributed by atoms with Crippen LogP contribution in [0, 0.1) is 5.95 Å². The van der Waals surface area contributed by atoms with Gasteiger partial charge in [0.15, 0.2) is 6.10 Å². The van der Waals surface area contributed by atoms with Crippen molar-refractivity contribution in [2.75, 3.05) is 0 Å². The first-order valence-corrected chi connectivity index (χ1v) is 9.56. The third-order valence-electron chi connectivity index (χ3n) is 5.06. The predicted octanol–water partition coefficient (Wildman–Crippen LogP) is 4.29. The van der Waals surface area contributed by atoms with Gasteiger partial charge in [0.1, 0.15) is 0 Å². The van der Waals surface area contributed by atoms with E-state index in [9.17, 15) is 17.6 Å². The second-order valence-electron chi connectivity index (χ2n) is 7.42. The lowest BCUT2D eigenvalue weighted by atomic mass is 9.85. The van der Waals surface area contributed by atoms with E-state index in [0.29, 0.717) is 21.8 Å². The van der Waals surface area contributed by atoms with E-state index in [1.165, 1.54) is 25.4 Å². The average molecular weight is 454 g/mol. The topological polar surface area (TPSA) is 86.3 Å². The maximum absolute atomic E-state index is 14.6. The molecule has 0 saturated carbocycles. The lowest BCUT2D eigenvalue weighted by Gasteiger charge is -2.35. The maximum Gasteiger partial charge on any atom is 0.425 e. The molecular formula is C20H16ClF4N5O. The number of hydrogen-bond acceptors (Lipinski definition) is 6. The standard InChI is InChI=1S/C20H16ClF4N5O/c1-19(7-15(20(23,24)25)31-18(26)30-19)13-4-10(8-29-17(13)22)5-14-16-11(2-3-27-14)6-12(21)9-28-16/h2-4,6,8-9,15H,5,7H2,1H3,(H2,26,30)/t15-,19-/m0/s1. The Kier molecular flexibility index (Phi) is 5.20. The van der Waals surface area contributed by atoms with Gasteiger partial charge >= 0.3 is 6.18 Å². The average Bonchev–Trinajstić information content (AvgIpc) is 2.68. The summed E-state index contributed by atoms with van der Waals surface area (Å²) in [4.78, 5) is 16.3. The molecule has 0 spiro atoms. The Bertz CT molecular complexity index is 1190. The van der Waals surface area contributed by atoms with Crippen LogP contribution in [0.25, 0.3) is 10.9 Å². The molecule has 11 heteroatoms. The number of fused-ring (bicyclic) bond motifs is 1. The van der Waals surface area contributed by atoms with Crippen LogP contribution in [-0.4, -0.2) is 33.3 Å². The van der Waals surface area contributed by atoms with E-state index in [-0.39, 0.29) is 12.0 Å². The van der Waals surface area contributed by atoms with E-state index in [1.807, 2.05) is 0 Å². The highest BCUT2D eigenvalue weighted by Crippen LogP contribution is 2.40. The lowest BCUT2D eigenvalue weighted by molar-refractivity contribution is -0.208. The van der Waals surface area contributed by atoms with Crippen LogP contribution < -0.4 is 5.73 Å². The number of hydrogen-bond donors (Lipinski definition) is 1. The summed E-state index contributed by atoms with van der Waals surface area (Å²) in [6, 6.07) is 4.26. The molecular weight excluding hydrogens is 438 g/mol. The zero-order valence-electron chi connectivity index (χ0n) is 16.1. The fourth-order valence-corrected chi connectivity index (χ4v) is 3.76. The number of aromatic nitrogens is 3. The molecule has 0 unspecified atom stereocenters. The third-order valence-corrected chi connectivity index (χ3v) is 5.26. The molecule has 2 N–H and O–H groups in total. The molecule has 0 amide bonds. The second kappa shape index (κ2) is 7.60. The molecule has 0 bridgehead atoms. The number of nitrogens with zero attached hydrogens (tertiary/aromatic N) is 4. The highest BCUT2D eigenvalue weighted by molar-refractivity contribution is 6.31. The summed E-state index contributed by atoms with van der Waals surface area (Å²) in [6.07, 6.45) is -2.91. The van der Waals surface area contributed by atoms with Crippen LogP contribution in [0.1, 0.15) is 30.2 Å². The van der Waals surface area contributed by atoms with E-state index in [2.05, 4.69) is 24.7 Å². The number of rotatable bonds is 3. The lowest BCUT2D eigenvalue weighted by Crippen LogP contribution is -2.46. The van der Waals surface area contributed by atoms with Gasteiger partial charge in [-0.3, -0.25) is 9.97 Å². The Balaban J connectivity index is 1.72. The van der Waals surface area contributed by atoms with E-state index in [0.717, 1.165) is 5.39 Å². The van der Waals surface area contributed by atoms with Gasteiger partial charge in [0.05, 0.1) is 21.8 Å². The van der Waals surface area contributed by atoms with Crippen molar-refractivity contribution < 1.29 is 22.3 Å². The summed E-state index contributed by atoms with van der Waals surface area (Å²) in [6.45, 7) is 1.37. The molecule has 0 radical (unpaired) electrons. The molecule has 3 aromatic heterocycles. The van der Waals surface area contributed by atoms with Crippen molar-refractivity contribution in [3.63, 3.8) is 0 Å². The molecule has 0 fully saturated rings. The molecule has 4 heterocycles. The van der Waals surface area contributed by atoms with Gasteiger partial charge in [0.25, 0.3) is 6.02 Å². The van der Waals surface area contributed by atoms with Gasteiger partial charge in [-0.2, -0.15) is 17.6 Å². The van der Waals surface area contributed by atoms with Crippen LogP contribution in [0.5, 0.6) is 0 Å². The van der Waals surface area contributed by atoms with E-state index < -0.39 is 36.2 Å². The van der Waals surface area contributed by atoms with Gasteiger partial charge in [0, 0.05) is 42.4 Å². The summed E-state index contributed by atoms with van der Waals surface area (Å²) in [5.41, 5.74) is 5.48. The van der Waals surface area contributed by atoms with Crippen LogP contribution in [-0.2, 0) is 16.7 Å². The number of pyridine rings is 3. The molecule has 162 valence electrons. The third kappa shape index (κ3) is 4.25. The normalized spacial score (nSPS) is 21.6. The SMILES string of the molecule is C[C@@]1(c2cc(Cc3nccc4cc(Cl)cnc34)cnc2F)C[C@@H](C(F)(F)F)OC(N)=N1. The molecule has 0 aromatic carbocycles. The molecule has 0 aliphatic carbocycles. The summed E-state index contributed by atoms with van der Waals surface area (Å²) in [7, 11) is 0. The highest BCUT2D eigenvalue weighted by Gasteiger charge is 2.50. The van der Waals surface area contributed by atoms with Crippen LogP contribution in [0.2, 0.25) is 5.02 Å². The van der Waals surface area contributed by atoms with Crippen LogP contribution in [0.15, 0.2) is 41.8 Å². The van der Waals surface area contributed by atoms with Crippen molar-refractivity contribution in [2.24, 2.45) is 10.7 Å². The Morgan fingerprint density at radius 2 is 2.00 bits per heavy atom. The molecule has 6 nitrogen and oxygen atoms in total. The molecule has 1 aliphatic rings. The number of nitrogens with two attached hydrogens (primary N) is 1. The number of alkyl halides is 3. The molecule has 2 atom stereocenters. The zero-order valence-corrected chi connectivity index (χ0v) is 16.9. The summed E-state index contributed by atoms with van der Waals surface area (Å²) < 4.78 is 59.0. The minimum absolute atomic E-state index is 0.109. The van der Waals surface area contributed by atoms with Gasteiger partial charge in [-0.1, -0.05) is 11.6 Å². The largest absolute Gasteiger partial charge is 0.452 e. The van der Waals surface area contributed by atoms with E-state index in [1.54, 1.807) is 18.3 Å². The van der Waals surface area contributed by atoms with Gasteiger partial charge in [-0.15, -0.1) is 0 Å². The minimum Gasteiger partial charge on any atom is -0.452 e. The number of halogens is 5. The Morgan fingerprint density at radius 3 is 2.74 bits per heavy atom. The fourth-order valence-electron chi connectivity index (χ4n) is 3.60. The van der Waals surface area contributed by atoms with Crippen molar-refractivity contribution in [3.8, 4) is 0 Å². The fraction of sp³-hybridized carbons (Fsp3) is 0.300. The van der Waals surface area contributed by atoms with Gasteiger partial charge in [-0.25, -0.2) is 9.98 Å². The number of aliphatic imine (C=N–C) groups is 1. The van der Waals surface area contributed by atoms with Crippen molar-refractivity contribution >= 4 is 28.5 Å². The van der Waals surface area contributed by atoms with Crippen molar-refractivity contribution in [1.29, 1.82) is 0 Å². The number of ether oxygens (including phenoxy) is 1. The Labute approximate surface area is 179 Å². The van der Waals surface area contributed by atoms with E-state index in [4.69, 9.17) is 17.3 Å². The molecule has 31 heavy (non-hydrogen) atoms. The summed E-state index contributed by atoms with van der Waals surface area (Å²) in [5, 5.41) is 1.24. The smallest absolute Gasteiger partial charge is 0.425 e. The van der Waals surface area contributed by atoms with Gasteiger partial charge < -0.3 is 10.5 Å². The summed E-state index contributed by atoms with van der Waals surface area (Å²) >= 11 is 5.98. The van der Waals surface area contributed by atoms with Crippen molar-refractivity contribution in [1.82, 2.24) is 15.0 Å². The predicted molar refractivity (Wildman–Crippen MR) is 106 cm³/mol. The van der Waals surface area contributed by atoms with E-state index >= 15 is 0 Å². The summed E-state index contributed by atoms with van der Waals surface area (Å²) in [5.74, 6) is -0.929. The molecule has 0 saturated heterocycles. The van der Waals surface area contributed by atoms with Crippen LogP contribution >= 0.6 is 11.6 Å². The molecule has 4 rings (SSSR count). The molecule has 1 aliphatic heterocycles. The zero-order chi connectivity index (χ0) is 22.4. The second-order valence-corrected chi connectivity index (χ2v) is 7.85. The molecule has 3 aromatic rings. The maximum atomic E-state index is 14.6. The Hall–Kier alpha value is -3.01. The Morgan fingerprint density at radius 1 is 1.23 bits per heavy atom. The monoisotopic (exact) mass is 453 g/mol. The quantitative estimate of drug-likeness (QED) is 0.472. The van der Waals surface area contributed by atoms with Crippen LogP contribution in [0.3, 0.4) is 0 Å². The highest BCUT2D eigenvalue weighted by atomic mass is 35.5. The minimum atomic E-state index is -4.68. The van der Waals surface area contributed by atoms with Crippen LogP contribution in [0.4, 0.5) is 17.6 Å². The first-order valence-electron chi connectivity index (χ1n) is 9.18. The van der Waals surface area contributed by atoms with Crippen molar-refractivity contribution in [3.05, 3.63) is 64.6 Å². The number of amidine groups is 1. The van der Waals surface area contributed by atoms with Crippen molar-refractivity contribution in [2.45, 2.75) is 37.6 Å².